The van der Waals surface area contributed by atoms with Crippen molar-refractivity contribution in [2.45, 2.75) is 6.10 Å². The summed E-state index contributed by atoms with van der Waals surface area (Å²) in [6.45, 7) is -0.0937. The first-order chi connectivity index (χ1) is 8.95. The van der Waals surface area contributed by atoms with Gasteiger partial charge < -0.3 is 15.2 Å². The lowest BCUT2D eigenvalue weighted by molar-refractivity contribution is 0.100. The van der Waals surface area contributed by atoms with Gasteiger partial charge >= 0.3 is 0 Å². The van der Waals surface area contributed by atoms with Gasteiger partial charge in [-0.2, -0.15) is 0 Å². The zero-order valence-corrected chi connectivity index (χ0v) is 11.3. The minimum Gasteiger partial charge on any atom is -0.493 e. The summed E-state index contributed by atoms with van der Waals surface area (Å²) in [7, 11) is -1.48. The number of nitrogens with two attached hydrogens (primary N) is 1. The van der Waals surface area contributed by atoms with Crippen LogP contribution < -0.4 is 15.2 Å². The summed E-state index contributed by atoms with van der Waals surface area (Å²) < 4.78 is 32.8. The van der Waals surface area contributed by atoms with Crippen molar-refractivity contribution in [2.75, 3.05) is 25.2 Å². The van der Waals surface area contributed by atoms with Gasteiger partial charge in [-0.3, -0.25) is 4.79 Å². The van der Waals surface area contributed by atoms with Gasteiger partial charge in [0.05, 0.1) is 25.2 Å². The molecule has 1 aliphatic heterocycles. The van der Waals surface area contributed by atoms with Gasteiger partial charge in [0.2, 0.25) is 0 Å². The third-order valence-electron chi connectivity index (χ3n) is 2.84. The number of methoxy groups -OCH3 is 1. The first-order valence-electron chi connectivity index (χ1n) is 5.73. The van der Waals surface area contributed by atoms with Crippen LogP contribution in [-0.2, 0) is 9.84 Å². The summed E-state index contributed by atoms with van der Waals surface area (Å²) >= 11 is 0. The highest BCUT2D eigenvalue weighted by atomic mass is 32.2. The van der Waals surface area contributed by atoms with E-state index in [1.165, 1.54) is 13.2 Å². The quantitative estimate of drug-likeness (QED) is 0.766. The molecule has 1 aromatic rings. The number of ketones is 1. The SMILES string of the molecule is COc1ccc(C(=O)CN)cc1OC1CS(=O)(=O)C1. The number of carbonyl (C=O) groups is 1. The normalized spacial score (nSPS) is 17.6. The van der Waals surface area contributed by atoms with E-state index in [-0.39, 0.29) is 29.9 Å². The molecule has 1 aliphatic rings. The first kappa shape index (κ1) is 13.8. The average molecular weight is 285 g/mol. The third kappa shape index (κ3) is 3.05. The standard InChI is InChI=1S/C12H15NO5S/c1-17-11-3-2-8(10(14)5-13)4-12(11)18-9-6-19(15,16)7-9/h2-4,9H,5-7,13H2,1H3. The Hall–Kier alpha value is -1.60. The zero-order valence-electron chi connectivity index (χ0n) is 10.5. The summed E-state index contributed by atoms with van der Waals surface area (Å²) in [6, 6.07) is 4.72. The molecule has 1 saturated heterocycles. The molecule has 1 aromatic carbocycles. The van der Waals surface area contributed by atoms with Crippen LogP contribution in [0.3, 0.4) is 0 Å². The van der Waals surface area contributed by atoms with E-state index in [2.05, 4.69) is 0 Å². The Morgan fingerprint density at radius 1 is 1.37 bits per heavy atom. The molecule has 0 aromatic heterocycles. The number of sulfone groups is 1. The van der Waals surface area contributed by atoms with Crippen molar-refractivity contribution < 1.29 is 22.7 Å². The van der Waals surface area contributed by atoms with Crippen LogP contribution in [0.4, 0.5) is 0 Å². The number of rotatable bonds is 5. The number of Topliss-reactive ketones (excluding diaryl/α,β-unsaturated/α-hetero) is 1. The summed E-state index contributed by atoms with van der Waals surface area (Å²) in [6.07, 6.45) is -0.387. The van der Waals surface area contributed by atoms with Crippen molar-refractivity contribution in [1.29, 1.82) is 0 Å². The molecule has 0 saturated carbocycles. The Bertz CT molecular complexity index is 584. The second-order valence-corrected chi connectivity index (χ2v) is 6.46. The van der Waals surface area contributed by atoms with Crippen molar-refractivity contribution in [1.82, 2.24) is 0 Å². The van der Waals surface area contributed by atoms with Gasteiger partial charge in [-0.25, -0.2) is 8.42 Å². The maximum absolute atomic E-state index is 11.5. The van der Waals surface area contributed by atoms with Crippen LogP contribution in [0.1, 0.15) is 10.4 Å². The fourth-order valence-electron chi connectivity index (χ4n) is 1.83. The van der Waals surface area contributed by atoms with E-state index < -0.39 is 9.84 Å². The van der Waals surface area contributed by atoms with Crippen LogP contribution in [-0.4, -0.2) is 45.5 Å². The van der Waals surface area contributed by atoms with E-state index in [9.17, 15) is 13.2 Å². The van der Waals surface area contributed by atoms with Crippen molar-refractivity contribution in [3.8, 4) is 11.5 Å². The number of benzene rings is 1. The van der Waals surface area contributed by atoms with Gasteiger partial charge in [0, 0.05) is 5.56 Å². The Morgan fingerprint density at radius 2 is 2.05 bits per heavy atom. The van der Waals surface area contributed by atoms with E-state index in [1.807, 2.05) is 0 Å². The average Bonchev–Trinajstić information content (AvgIpc) is 2.35. The smallest absolute Gasteiger partial charge is 0.176 e. The molecular weight excluding hydrogens is 270 g/mol. The van der Waals surface area contributed by atoms with Gasteiger partial charge in [0.25, 0.3) is 0 Å². The first-order valence-corrected chi connectivity index (χ1v) is 7.55. The van der Waals surface area contributed by atoms with E-state index in [0.29, 0.717) is 17.1 Å². The molecule has 19 heavy (non-hydrogen) atoms. The zero-order chi connectivity index (χ0) is 14.0. The molecule has 0 aliphatic carbocycles. The van der Waals surface area contributed by atoms with Crippen LogP contribution in [0.15, 0.2) is 18.2 Å². The molecule has 0 radical (unpaired) electrons. The molecule has 104 valence electrons. The minimum atomic E-state index is -2.95. The van der Waals surface area contributed by atoms with Crippen LogP contribution in [0, 0.1) is 0 Å². The second kappa shape index (κ2) is 5.18. The highest BCUT2D eigenvalue weighted by Gasteiger charge is 2.35. The Morgan fingerprint density at radius 3 is 2.58 bits per heavy atom. The predicted molar refractivity (Wildman–Crippen MR) is 69.4 cm³/mol. The fourth-order valence-corrected chi connectivity index (χ4v) is 3.00. The Balaban J connectivity index is 2.19. The molecule has 2 rings (SSSR count). The van der Waals surface area contributed by atoms with Crippen molar-refractivity contribution in [2.24, 2.45) is 5.73 Å². The van der Waals surface area contributed by atoms with Gasteiger partial charge in [0.15, 0.2) is 27.1 Å². The van der Waals surface area contributed by atoms with Crippen LogP contribution in [0.2, 0.25) is 0 Å². The van der Waals surface area contributed by atoms with Crippen molar-refractivity contribution >= 4 is 15.6 Å². The number of hydrogen-bond donors (Lipinski definition) is 1. The summed E-state index contributed by atoms with van der Waals surface area (Å²) in [5, 5.41) is 0. The molecular formula is C12H15NO5S. The largest absolute Gasteiger partial charge is 0.493 e. The lowest BCUT2D eigenvalue weighted by Crippen LogP contribution is -2.45. The number of ether oxygens (including phenoxy) is 2. The molecule has 2 N–H and O–H groups in total. The topological polar surface area (TPSA) is 95.7 Å². The van der Waals surface area contributed by atoms with Gasteiger partial charge in [-0.15, -0.1) is 0 Å². The third-order valence-corrected chi connectivity index (χ3v) is 4.60. The molecule has 1 heterocycles. The van der Waals surface area contributed by atoms with Gasteiger partial charge in [-0.1, -0.05) is 0 Å². The van der Waals surface area contributed by atoms with Crippen LogP contribution >= 0.6 is 0 Å². The van der Waals surface area contributed by atoms with E-state index >= 15 is 0 Å². The molecule has 6 nitrogen and oxygen atoms in total. The Kier molecular flexibility index (Phi) is 3.77. The maximum atomic E-state index is 11.5. The molecule has 0 bridgehead atoms. The second-order valence-electron chi connectivity index (χ2n) is 4.31. The van der Waals surface area contributed by atoms with Crippen LogP contribution in [0.5, 0.6) is 11.5 Å². The fraction of sp³-hybridized carbons (Fsp3) is 0.417. The number of hydrogen-bond acceptors (Lipinski definition) is 6. The Labute approximate surface area is 111 Å². The minimum absolute atomic E-state index is 0.00871. The molecule has 1 fully saturated rings. The van der Waals surface area contributed by atoms with Crippen molar-refractivity contribution in [3.63, 3.8) is 0 Å². The maximum Gasteiger partial charge on any atom is 0.176 e. The van der Waals surface area contributed by atoms with E-state index in [4.69, 9.17) is 15.2 Å². The van der Waals surface area contributed by atoms with E-state index in [0.717, 1.165) is 0 Å². The lowest BCUT2D eigenvalue weighted by Gasteiger charge is -2.27. The molecule has 7 heteroatoms. The van der Waals surface area contributed by atoms with Crippen molar-refractivity contribution in [3.05, 3.63) is 23.8 Å². The highest BCUT2D eigenvalue weighted by Crippen LogP contribution is 2.31. The lowest BCUT2D eigenvalue weighted by atomic mass is 10.1. The summed E-state index contributed by atoms with van der Waals surface area (Å²) in [4.78, 5) is 11.5. The molecule has 0 amide bonds. The van der Waals surface area contributed by atoms with E-state index in [1.54, 1.807) is 12.1 Å². The summed E-state index contributed by atoms with van der Waals surface area (Å²) in [5.41, 5.74) is 5.72. The predicted octanol–water partition coefficient (Wildman–Crippen LogP) is 0.0124. The monoisotopic (exact) mass is 285 g/mol. The molecule has 0 spiro atoms. The van der Waals surface area contributed by atoms with Gasteiger partial charge in [-0.05, 0) is 18.2 Å². The molecule has 0 unspecified atom stereocenters. The highest BCUT2D eigenvalue weighted by molar-refractivity contribution is 7.92. The molecule has 0 atom stereocenters. The van der Waals surface area contributed by atoms with Gasteiger partial charge in [0.1, 0.15) is 6.10 Å². The summed E-state index contributed by atoms with van der Waals surface area (Å²) in [5.74, 6) is 0.587. The number of carbonyl (C=O) groups excluding carboxylic acids is 1. The van der Waals surface area contributed by atoms with Crippen LogP contribution in [0.25, 0.3) is 0 Å².